The van der Waals surface area contributed by atoms with Gasteiger partial charge in [-0.25, -0.2) is 0 Å². The van der Waals surface area contributed by atoms with E-state index in [1.165, 1.54) is 24.0 Å². The quantitative estimate of drug-likeness (QED) is 0.730. The molecule has 0 fully saturated rings. The molecule has 0 spiro atoms. The van der Waals surface area contributed by atoms with Gasteiger partial charge in [0, 0.05) is 11.3 Å². The van der Waals surface area contributed by atoms with Gasteiger partial charge in [-0.05, 0) is 65.1 Å². The SMILES string of the molecule is Nc1ccccc1-c1nnnn1-c1ccc2c(c1)CCC2. The maximum Gasteiger partial charge on any atom is 0.189 e. The van der Waals surface area contributed by atoms with Crippen LogP contribution in [-0.4, -0.2) is 20.2 Å². The average molecular weight is 277 g/mol. The Morgan fingerprint density at radius 2 is 1.86 bits per heavy atom. The Kier molecular flexibility index (Phi) is 2.70. The number of anilines is 1. The molecular weight excluding hydrogens is 262 g/mol. The molecule has 0 bridgehead atoms. The Morgan fingerprint density at radius 1 is 1.00 bits per heavy atom. The van der Waals surface area contributed by atoms with Crippen molar-refractivity contribution in [3.63, 3.8) is 0 Å². The minimum Gasteiger partial charge on any atom is -0.398 e. The summed E-state index contributed by atoms with van der Waals surface area (Å²) in [6.07, 6.45) is 3.53. The molecule has 0 saturated carbocycles. The number of hydrogen-bond acceptors (Lipinski definition) is 4. The molecule has 0 saturated heterocycles. The zero-order chi connectivity index (χ0) is 14.2. The highest BCUT2D eigenvalue weighted by Gasteiger charge is 2.16. The molecule has 3 aromatic rings. The van der Waals surface area contributed by atoms with Crippen LogP contribution < -0.4 is 5.73 Å². The summed E-state index contributed by atoms with van der Waals surface area (Å²) in [5, 5.41) is 12.1. The number of nitrogen functional groups attached to an aromatic ring is 1. The van der Waals surface area contributed by atoms with Gasteiger partial charge in [-0.3, -0.25) is 0 Å². The zero-order valence-corrected chi connectivity index (χ0v) is 11.5. The Hall–Kier alpha value is -2.69. The molecule has 0 radical (unpaired) electrons. The Bertz CT molecular complexity index is 806. The first-order chi connectivity index (χ1) is 10.3. The molecular formula is C16H15N5. The minimum absolute atomic E-state index is 0.672. The van der Waals surface area contributed by atoms with Crippen LogP contribution in [0.1, 0.15) is 17.5 Å². The maximum absolute atomic E-state index is 6.04. The van der Waals surface area contributed by atoms with E-state index in [2.05, 4.69) is 33.7 Å². The fourth-order valence-corrected chi connectivity index (χ4v) is 2.92. The first-order valence-corrected chi connectivity index (χ1v) is 7.08. The van der Waals surface area contributed by atoms with E-state index in [1.54, 1.807) is 4.68 Å². The van der Waals surface area contributed by atoms with Crippen LogP contribution in [-0.2, 0) is 12.8 Å². The molecule has 0 unspecified atom stereocenters. The number of hydrogen-bond donors (Lipinski definition) is 1. The second-order valence-corrected chi connectivity index (χ2v) is 5.31. The number of rotatable bonds is 2. The van der Waals surface area contributed by atoms with Crippen molar-refractivity contribution < 1.29 is 0 Å². The third kappa shape index (κ3) is 1.98. The van der Waals surface area contributed by atoms with Crippen LogP contribution in [0, 0.1) is 0 Å². The van der Waals surface area contributed by atoms with E-state index in [0.29, 0.717) is 11.5 Å². The van der Waals surface area contributed by atoms with Crippen LogP contribution in [0.2, 0.25) is 0 Å². The summed E-state index contributed by atoms with van der Waals surface area (Å²) in [6.45, 7) is 0. The number of tetrazole rings is 1. The molecule has 4 rings (SSSR count). The second-order valence-electron chi connectivity index (χ2n) is 5.31. The van der Waals surface area contributed by atoms with Crippen LogP contribution >= 0.6 is 0 Å². The standard InChI is InChI=1S/C16H15N5/c17-15-7-2-1-6-14(15)16-18-19-20-21(16)13-9-8-11-4-3-5-12(11)10-13/h1-2,6-10H,3-5,17H2. The number of aryl methyl sites for hydroxylation is 2. The first-order valence-electron chi connectivity index (χ1n) is 7.08. The number of benzene rings is 2. The molecule has 1 heterocycles. The Labute approximate surface area is 122 Å². The van der Waals surface area contributed by atoms with Crippen molar-refractivity contribution in [3.8, 4) is 17.1 Å². The second kappa shape index (κ2) is 4.70. The minimum atomic E-state index is 0.672. The van der Waals surface area contributed by atoms with Crippen molar-refractivity contribution in [1.29, 1.82) is 0 Å². The molecule has 104 valence electrons. The summed E-state index contributed by atoms with van der Waals surface area (Å²) in [5.41, 5.74) is 11.4. The topological polar surface area (TPSA) is 69.6 Å². The van der Waals surface area contributed by atoms with E-state index in [-0.39, 0.29) is 0 Å². The van der Waals surface area contributed by atoms with Crippen LogP contribution in [0.3, 0.4) is 0 Å². The molecule has 2 aromatic carbocycles. The summed E-state index contributed by atoms with van der Waals surface area (Å²) >= 11 is 0. The van der Waals surface area contributed by atoms with Gasteiger partial charge >= 0.3 is 0 Å². The normalized spacial score (nSPS) is 13.3. The third-order valence-corrected chi connectivity index (χ3v) is 4.00. The van der Waals surface area contributed by atoms with Gasteiger partial charge in [-0.15, -0.1) is 5.10 Å². The highest BCUT2D eigenvalue weighted by Crippen LogP contribution is 2.28. The average Bonchev–Trinajstić information content (AvgIpc) is 3.15. The van der Waals surface area contributed by atoms with Gasteiger partial charge in [0.1, 0.15) is 0 Å². The molecule has 5 heteroatoms. The molecule has 21 heavy (non-hydrogen) atoms. The molecule has 2 N–H and O–H groups in total. The van der Waals surface area contributed by atoms with Gasteiger partial charge < -0.3 is 5.73 Å². The summed E-state index contributed by atoms with van der Waals surface area (Å²) in [5.74, 6) is 0.672. The van der Waals surface area contributed by atoms with Crippen molar-refractivity contribution >= 4 is 5.69 Å². The predicted octanol–water partition coefficient (Wildman–Crippen LogP) is 2.40. The number of para-hydroxylation sites is 1. The van der Waals surface area contributed by atoms with Gasteiger partial charge in [0.2, 0.25) is 0 Å². The molecule has 1 aliphatic rings. The van der Waals surface area contributed by atoms with Crippen molar-refractivity contribution in [3.05, 3.63) is 53.6 Å². The summed E-state index contributed by atoms with van der Waals surface area (Å²) in [4.78, 5) is 0. The monoisotopic (exact) mass is 277 g/mol. The number of fused-ring (bicyclic) bond motifs is 1. The lowest BCUT2D eigenvalue weighted by Crippen LogP contribution is -2.02. The largest absolute Gasteiger partial charge is 0.398 e. The van der Waals surface area contributed by atoms with E-state index in [0.717, 1.165) is 17.7 Å². The van der Waals surface area contributed by atoms with Gasteiger partial charge in [-0.2, -0.15) is 4.68 Å². The Balaban J connectivity index is 1.84. The molecule has 0 aliphatic heterocycles. The lowest BCUT2D eigenvalue weighted by molar-refractivity contribution is 0.790. The van der Waals surface area contributed by atoms with Crippen molar-refractivity contribution in [2.45, 2.75) is 19.3 Å². The molecule has 1 aromatic heterocycles. The van der Waals surface area contributed by atoms with Crippen LogP contribution in [0.25, 0.3) is 17.1 Å². The fourth-order valence-electron chi connectivity index (χ4n) is 2.92. The summed E-state index contributed by atoms with van der Waals surface area (Å²) in [7, 11) is 0. The van der Waals surface area contributed by atoms with E-state index >= 15 is 0 Å². The van der Waals surface area contributed by atoms with E-state index < -0.39 is 0 Å². The van der Waals surface area contributed by atoms with Gasteiger partial charge in [0.05, 0.1) is 5.69 Å². The van der Waals surface area contributed by atoms with Crippen molar-refractivity contribution in [1.82, 2.24) is 20.2 Å². The molecule has 0 amide bonds. The number of nitrogens with two attached hydrogens (primary N) is 1. The summed E-state index contributed by atoms with van der Waals surface area (Å²) in [6, 6.07) is 14.1. The number of aromatic nitrogens is 4. The highest BCUT2D eigenvalue weighted by atomic mass is 15.5. The van der Waals surface area contributed by atoms with E-state index in [9.17, 15) is 0 Å². The van der Waals surface area contributed by atoms with Crippen LogP contribution in [0.4, 0.5) is 5.69 Å². The molecule has 0 atom stereocenters. The van der Waals surface area contributed by atoms with Gasteiger partial charge in [0.25, 0.3) is 0 Å². The smallest absolute Gasteiger partial charge is 0.189 e. The fraction of sp³-hybridized carbons (Fsp3) is 0.188. The molecule has 5 nitrogen and oxygen atoms in total. The highest BCUT2D eigenvalue weighted by molar-refractivity contribution is 5.72. The summed E-state index contributed by atoms with van der Waals surface area (Å²) < 4.78 is 1.75. The number of nitrogens with zero attached hydrogens (tertiary/aromatic N) is 4. The van der Waals surface area contributed by atoms with E-state index in [1.807, 2.05) is 24.3 Å². The molecule has 1 aliphatic carbocycles. The van der Waals surface area contributed by atoms with E-state index in [4.69, 9.17) is 5.73 Å². The first kappa shape index (κ1) is 12.1. The lowest BCUT2D eigenvalue weighted by atomic mass is 10.1. The van der Waals surface area contributed by atoms with Crippen LogP contribution in [0.5, 0.6) is 0 Å². The van der Waals surface area contributed by atoms with Crippen molar-refractivity contribution in [2.75, 3.05) is 5.73 Å². The van der Waals surface area contributed by atoms with Crippen molar-refractivity contribution in [2.24, 2.45) is 0 Å². The van der Waals surface area contributed by atoms with Gasteiger partial charge in [0.15, 0.2) is 5.82 Å². The predicted molar refractivity (Wildman–Crippen MR) is 81.0 cm³/mol. The van der Waals surface area contributed by atoms with Crippen LogP contribution in [0.15, 0.2) is 42.5 Å². The maximum atomic E-state index is 6.04. The zero-order valence-electron chi connectivity index (χ0n) is 11.5. The Morgan fingerprint density at radius 3 is 2.76 bits per heavy atom. The third-order valence-electron chi connectivity index (χ3n) is 4.00. The van der Waals surface area contributed by atoms with Gasteiger partial charge in [-0.1, -0.05) is 18.2 Å². The lowest BCUT2D eigenvalue weighted by Gasteiger charge is -2.08.